The Morgan fingerprint density at radius 3 is 1.15 bits per heavy atom. The number of hydrogen-bond acceptors (Lipinski definition) is 8. The highest BCUT2D eigenvalue weighted by Gasteiger charge is 2.46. The molecule has 0 heterocycles. The lowest BCUT2D eigenvalue weighted by Crippen LogP contribution is -2.50. The Balaban J connectivity index is 1.53. The quantitative estimate of drug-likeness (QED) is 0.0375. The summed E-state index contributed by atoms with van der Waals surface area (Å²) >= 11 is 0. The van der Waals surface area contributed by atoms with E-state index in [1.54, 1.807) is 0 Å². The second-order valence-corrected chi connectivity index (χ2v) is 38.0. The second-order valence-electron chi connectivity index (χ2n) is 27.1. The molecule has 0 aliphatic heterocycles. The molecule has 3 rings (SSSR count). The predicted molar refractivity (Wildman–Crippen MR) is 359 cm³/mol. The minimum atomic E-state index is -1.77. The van der Waals surface area contributed by atoms with Crippen LogP contribution in [0.25, 0.3) is 0 Å². The highest BCUT2D eigenvalue weighted by molar-refractivity contribution is 6.78. The first-order valence-corrected chi connectivity index (χ1v) is 38.0. The number of rotatable bonds is 47. The van der Waals surface area contributed by atoms with Gasteiger partial charge in [0.05, 0.1) is 30.8 Å². The van der Waals surface area contributed by atoms with Crippen molar-refractivity contribution in [2.24, 2.45) is 11.7 Å². The minimum Gasteiger partial charge on any atom is -0.494 e. The molecule has 12 heteroatoms. The summed E-state index contributed by atoms with van der Waals surface area (Å²) < 4.78 is 26.0. The van der Waals surface area contributed by atoms with E-state index in [-0.39, 0.29) is 36.4 Å². The van der Waals surface area contributed by atoms with Crippen molar-refractivity contribution < 1.29 is 32.7 Å². The van der Waals surface area contributed by atoms with Crippen LogP contribution in [0.2, 0.25) is 33.2 Å². The molecule has 3 aromatic carbocycles. The molecular weight excluding hydrogens is 1070 g/mol. The molecule has 0 radical (unpaired) electrons. The van der Waals surface area contributed by atoms with Crippen molar-refractivity contribution in [3.05, 3.63) is 95.6 Å². The van der Waals surface area contributed by atoms with Crippen LogP contribution in [0.15, 0.2) is 78.9 Å². The maximum absolute atomic E-state index is 14.0. The van der Waals surface area contributed by atoms with Crippen molar-refractivity contribution in [3.63, 3.8) is 0 Å². The highest BCUT2D eigenvalue weighted by atomic mass is 28.4. The molecule has 0 bridgehead atoms. The lowest BCUT2D eigenvalue weighted by Gasteiger charge is -2.42. The zero-order valence-corrected chi connectivity index (χ0v) is 58.0. The Morgan fingerprint density at radius 1 is 0.464 bits per heavy atom. The maximum Gasteiger partial charge on any atom is 0.237 e. The van der Waals surface area contributed by atoms with E-state index in [1.807, 2.05) is 99.6 Å². The largest absolute Gasteiger partial charge is 0.494 e. The van der Waals surface area contributed by atoms with Crippen LogP contribution in [0.4, 0.5) is 0 Å². The van der Waals surface area contributed by atoms with Gasteiger partial charge in [0, 0.05) is 26.1 Å². The van der Waals surface area contributed by atoms with Crippen LogP contribution in [0.5, 0.6) is 11.5 Å². The van der Waals surface area contributed by atoms with E-state index in [9.17, 15) is 14.4 Å². The number of ketones is 1. The lowest BCUT2D eigenvalue weighted by atomic mass is 9.84. The van der Waals surface area contributed by atoms with Crippen LogP contribution in [-0.4, -0.2) is 72.7 Å². The Hall–Kier alpha value is -3.82. The summed E-state index contributed by atoms with van der Waals surface area (Å²) in [7, 11) is -3.53. The third kappa shape index (κ3) is 25.1. The van der Waals surface area contributed by atoms with E-state index in [2.05, 4.69) is 93.7 Å². The summed E-state index contributed by atoms with van der Waals surface area (Å²) in [6.07, 6.45) is 22.6. The van der Waals surface area contributed by atoms with Crippen molar-refractivity contribution in [2.75, 3.05) is 26.4 Å². The maximum atomic E-state index is 14.0. The Morgan fingerprint density at radius 2 is 0.810 bits per heavy atom. The zero-order valence-electron chi connectivity index (χ0n) is 56.0. The van der Waals surface area contributed by atoms with Gasteiger partial charge in [-0.15, -0.1) is 0 Å². The molecular formula is C72H123N3O7Si2. The van der Waals surface area contributed by atoms with Gasteiger partial charge < -0.3 is 34.7 Å². The smallest absolute Gasteiger partial charge is 0.237 e. The Labute approximate surface area is 516 Å². The number of hydrogen-bond donors (Lipinski definition) is 3. The van der Waals surface area contributed by atoms with Crippen molar-refractivity contribution in [2.45, 2.75) is 296 Å². The molecule has 10 nitrogen and oxygen atoms in total. The first-order chi connectivity index (χ1) is 40.0. The first-order valence-electron chi connectivity index (χ1n) is 33.7. The molecule has 2 amide bonds. The van der Waals surface area contributed by atoms with Crippen molar-refractivity contribution in [1.29, 1.82) is 0 Å². The van der Waals surface area contributed by atoms with E-state index in [1.165, 1.54) is 89.9 Å². The third-order valence-electron chi connectivity index (χ3n) is 18.1. The summed E-state index contributed by atoms with van der Waals surface area (Å²) in [5.74, 6) is 0.905. The van der Waals surface area contributed by atoms with Gasteiger partial charge in [-0.3, -0.25) is 14.4 Å². The van der Waals surface area contributed by atoms with Gasteiger partial charge >= 0.3 is 0 Å². The summed E-state index contributed by atoms with van der Waals surface area (Å²) in [6.45, 7) is 37.6. The molecule has 3 aromatic rings. The van der Waals surface area contributed by atoms with Crippen LogP contribution in [0.3, 0.4) is 0 Å². The van der Waals surface area contributed by atoms with Gasteiger partial charge in [-0.2, -0.15) is 0 Å². The molecule has 4 N–H and O–H groups in total. The van der Waals surface area contributed by atoms with Gasteiger partial charge in [0.1, 0.15) is 11.5 Å². The number of nitrogens with one attached hydrogen (secondary N) is 2. The summed E-state index contributed by atoms with van der Waals surface area (Å²) in [5, 5.41) is 6.24. The van der Waals surface area contributed by atoms with Gasteiger partial charge in [-0.1, -0.05) is 241 Å². The monoisotopic (exact) mass is 1200 g/mol. The standard InChI is InChI=1S/C72H123N3O7Si2/c1-55(2)53-68(74-71(78)67(73)54-62-37-31-30-32-38-62)69(76)47-48-70(77)75-72(15,63-39-43-65(44-40-63)79-49-33-26-22-18-16-20-24-28-35-51-81-83(56(3)4,57(5)6)58(7)8)64-41-45-66(46-42-64)80-50-34-27-23-19-17-21-25-29-36-52-82-84(59(9)10,60(11)12)61(13)14/h30-32,37-46,55-61,67-68H,16-29,33-36,47-54,73H2,1-15H3,(H,74,78)(H,75,77)/t67-,68-/m0/s1. The van der Waals surface area contributed by atoms with E-state index in [0.717, 1.165) is 67.1 Å². The molecule has 0 spiro atoms. The van der Waals surface area contributed by atoms with Crippen LogP contribution < -0.4 is 25.8 Å². The van der Waals surface area contributed by atoms with Gasteiger partial charge in [0.15, 0.2) is 22.4 Å². The van der Waals surface area contributed by atoms with Crippen molar-refractivity contribution in [1.82, 2.24) is 10.6 Å². The molecule has 0 unspecified atom stereocenters. The Bertz CT molecular complexity index is 2090. The van der Waals surface area contributed by atoms with Gasteiger partial charge in [0.25, 0.3) is 0 Å². The summed E-state index contributed by atoms with van der Waals surface area (Å²) in [4.78, 5) is 41.1. The zero-order chi connectivity index (χ0) is 62.1. The fraction of sp³-hybridized carbons (Fsp3) is 0.708. The van der Waals surface area contributed by atoms with Crippen molar-refractivity contribution in [3.8, 4) is 11.5 Å². The molecule has 0 aliphatic rings. The summed E-state index contributed by atoms with van der Waals surface area (Å²) in [5.41, 5.74) is 12.0. The number of amides is 2. The van der Waals surface area contributed by atoms with E-state index < -0.39 is 34.3 Å². The third-order valence-corrected chi connectivity index (χ3v) is 30.4. The van der Waals surface area contributed by atoms with Crippen molar-refractivity contribution >= 4 is 34.2 Å². The van der Waals surface area contributed by atoms with Crippen LogP contribution >= 0.6 is 0 Å². The Kier molecular flexibility index (Phi) is 35.3. The number of benzene rings is 3. The second kappa shape index (κ2) is 39.9. The molecule has 0 aliphatic carbocycles. The average Bonchev–Trinajstić information content (AvgIpc) is 3.48. The minimum absolute atomic E-state index is 0.0200. The number of unbranched alkanes of at least 4 members (excludes halogenated alkanes) is 16. The number of carbonyl (C=O) groups is 3. The highest BCUT2D eigenvalue weighted by Crippen LogP contribution is 2.44. The van der Waals surface area contributed by atoms with Gasteiger partial charge in [-0.25, -0.2) is 0 Å². The van der Waals surface area contributed by atoms with Crippen LogP contribution in [-0.2, 0) is 35.2 Å². The molecule has 0 saturated carbocycles. The molecule has 0 aromatic heterocycles. The lowest BCUT2D eigenvalue weighted by molar-refractivity contribution is -0.130. The first kappa shape index (κ1) is 74.4. The van der Waals surface area contributed by atoms with E-state index >= 15 is 0 Å². The number of nitrogens with two attached hydrogens (primary N) is 1. The predicted octanol–water partition coefficient (Wildman–Crippen LogP) is 18.7. The van der Waals surface area contributed by atoms with Gasteiger partial charge in [0.2, 0.25) is 11.8 Å². The normalized spacial score (nSPS) is 13.2. The average molecular weight is 1200 g/mol. The fourth-order valence-electron chi connectivity index (χ4n) is 13.6. The molecule has 0 fully saturated rings. The number of ether oxygens (including phenoxy) is 2. The fourth-order valence-corrected chi connectivity index (χ4v) is 24.6. The van der Waals surface area contributed by atoms with Gasteiger partial charge in [-0.05, 0) is 126 Å². The molecule has 476 valence electrons. The van der Waals surface area contributed by atoms with Crippen LogP contribution in [0, 0.1) is 5.92 Å². The number of Topliss-reactive ketones (excluding diaryl/α,β-unsaturated/α-hetero) is 1. The summed E-state index contributed by atoms with van der Waals surface area (Å²) in [6, 6.07) is 24.1. The van der Waals surface area contributed by atoms with E-state index in [0.29, 0.717) is 59.3 Å². The topological polar surface area (TPSA) is 138 Å². The molecule has 84 heavy (non-hydrogen) atoms. The van der Waals surface area contributed by atoms with E-state index in [4.69, 9.17) is 24.1 Å². The molecule has 0 saturated heterocycles. The SMILES string of the molecule is CC(C)C[C@H](NC(=O)[C@@H](N)Cc1ccccc1)C(=O)CCC(=O)NC(C)(c1ccc(OCCCCCCCCCCCO[Si](C(C)C)(C(C)C)C(C)C)cc1)c1ccc(OCCCCCCCCCCCO[Si](C(C)C)(C(C)C)C(C)C)cc1. The van der Waals surface area contributed by atoms with Crippen LogP contribution in [0.1, 0.15) is 255 Å². The number of carbonyl (C=O) groups excluding carboxylic acids is 3. The molecule has 2 atom stereocenters.